The molecule has 5 saturated carbocycles. The molecule has 3 saturated heterocycles. The standard InChI is InChI=1S/C45H72O16/c1-21(47)56-26-19-55-38(34(31(26)51)57-22(2)48)60-28-11-13-45-20-44(45)15-14-41(7)35(43(9)12-10-29(61-43)40(5,6)54)23(49)17-42(41,8)27(44)16-24(36(45)39(28,3)4)58-37-33(53)32(52)30(50)25(18-46)59-37/h23-38,46,49-54H,10-20H2,1-9H3/t23-,24+,25+,26+,27-,28-,29+,30+,31-,32-,33+,34+,35-,36?,37+,38-,41+,42-,43+,44-,45+/m0/s1. The first-order valence-electron chi connectivity index (χ1n) is 22.6. The fraction of sp³-hybridized carbons (Fsp3) is 0.956. The lowest BCUT2D eigenvalue weighted by Crippen LogP contribution is -2.65. The molecule has 16 nitrogen and oxygen atoms in total. The maximum Gasteiger partial charge on any atom is 0.303 e. The highest BCUT2D eigenvalue weighted by molar-refractivity contribution is 5.67. The van der Waals surface area contributed by atoms with Gasteiger partial charge in [-0.15, -0.1) is 0 Å². The normalized spacial score (nSPS) is 53.8. The number of hydrogen-bond donors (Lipinski definition) is 7. The Balaban J connectivity index is 1.14. The number of carbonyl (C=O) groups excluding carboxylic acids is 2. The molecule has 3 heterocycles. The van der Waals surface area contributed by atoms with Gasteiger partial charge < -0.3 is 68.9 Å². The summed E-state index contributed by atoms with van der Waals surface area (Å²) in [4.78, 5) is 24.1. The highest BCUT2D eigenvalue weighted by atomic mass is 16.7. The SMILES string of the molecule is CC(=O)O[C@H]1[C@H](O[C@H]2CC[C@]34C[C@]35CC[C@]3(C)[C@@H]([C@@]6(C)CC[C@H](C(C)(C)O)O6)[C@@H](O)C[C@@]3(C)[C@@H]5C[C@@H](O[C@@H]3O[C@H](CO)[C@@H](O)[C@H](O)[C@H]3O)C4C2(C)C)OC[C@@H](OC(C)=O)[C@@H]1O. The van der Waals surface area contributed by atoms with Crippen molar-refractivity contribution in [2.75, 3.05) is 13.2 Å². The van der Waals surface area contributed by atoms with Gasteiger partial charge in [-0.25, -0.2) is 0 Å². The average Bonchev–Trinajstić information content (AvgIpc) is 3.52. The van der Waals surface area contributed by atoms with Gasteiger partial charge in [0, 0.05) is 19.8 Å². The van der Waals surface area contributed by atoms with Crippen LogP contribution in [0.5, 0.6) is 0 Å². The van der Waals surface area contributed by atoms with E-state index in [1.165, 1.54) is 13.8 Å². The minimum Gasteiger partial charge on any atom is -0.457 e. The molecule has 0 aromatic heterocycles. The summed E-state index contributed by atoms with van der Waals surface area (Å²) in [6, 6.07) is 0. The van der Waals surface area contributed by atoms with Crippen molar-refractivity contribution >= 4 is 11.9 Å². The van der Waals surface area contributed by atoms with Crippen LogP contribution in [0.3, 0.4) is 0 Å². The van der Waals surface area contributed by atoms with E-state index in [1.807, 2.05) is 0 Å². The first-order chi connectivity index (χ1) is 28.3. The molecule has 21 atom stereocenters. The smallest absolute Gasteiger partial charge is 0.303 e. The predicted molar refractivity (Wildman–Crippen MR) is 213 cm³/mol. The van der Waals surface area contributed by atoms with E-state index in [0.29, 0.717) is 25.7 Å². The van der Waals surface area contributed by atoms with Gasteiger partial charge in [-0.3, -0.25) is 9.59 Å². The molecule has 0 bridgehead atoms. The van der Waals surface area contributed by atoms with Crippen LogP contribution in [-0.4, -0.2) is 152 Å². The summed E-state index contributed by atoms with van der Waals surface area (Å²) >= 11 is 0. The number of aliphatic hydroxyl groups is 7. The van der Waals surface area contributed by atoms with Crippen LogP contribution < -0.4 is 0 Å². The van der Waals surface area contributed by atoms with Crippen LogP contribution in [0.2, 0.25) is 0 Å². The fourth-order valence-electron chi connectivity index (χ4n) is 15.5. The molecular formula is C45H72O16. The van der Waals surface area contributed by atoms with E-state index >= 15 is 0 Å². The van der Waals surface area contributed by atoms with Crippen LogP contribution in [-0.2, 0) is 42.7 Å². The lowest BCUT2D eigenvalue weighted by atomic mass is 9.41. The van der Waals surface area contributed by atoms with Gasteiger partial charge in [0.1, 0.15) is 30.5 Å². The van der Waals surface area contributed by atoms with Crippen molar-refractivity contribution in [1.82, 2.24) is 0 Å². The first kappa shape index (κ1) is 46.0. The maximum absolute atomic E-state index is 12.3. The molecule has 7 N–H and O–H groups in total. The molecule has 3 aliphatic heterocycles. The number of aliphatic hydroxyl groups excluding tert-OH is 6. The number of fused-ring (bicyclic) bond motifs is 2. The van der Waals surface area contributed by atoms with E-state index < -0.39 is 109 Å². The van der Waals surface area contributed by atoms with Crippen LogP contribution in [0.4, 0.5) is 0 Å². The minimum absolute atomic E-state index is 0.0660. The van der Waals surface area contributed by atoms with E-state index in [2.05, 4.69) is 34.6 Å². The number of hydrogen-bond acceptors (Lipinski definition) is 16. The van der Waals surface area contributed by atoms with Gasteiger partial charge in [0.15, 0.2) is 24.8 Å². The zero-order valence-corrected chi connectivity index (χ0v) is 37.3. The Bertz CT molecular complexity index is 1680. The second-order valence-electron chi connectivity index (χ2n) is 22.2. The van der Waals surface area contributed by atoms with Crippen molar-refractivity contribution in [3.05, 3.63) is 0 Å². The van der Waals surface area contributed by atoms with Gasteiger partial charge in [0.25, 0.3) is 0 Å². The van der Waals surface area contributed by atoms with Crippen LogP contribution >= 0.6 is 0 Å². The highest BCUT2D eigenvalue weighted by Gasteiger charge is 2.85. The summed E-state index contributed by atoms with van der Waals surface area (Å²) in [7, 11) is 0. The number of carbonyl (C=O) groups is 2. The Labute approximate surface area is 358 Å². The molecule has 2 spiro atoms. The van der Waals surface area contributed by atoms with Crippen molar-refractivity contribution in [1.29, 1.82) is 0 Å². The number of rotatable bonds is 9. The summed E-state index contributed by atoms with van der Waals surface area (Å²) in [5, 5.41) is 77.6. The van der Waals surface area contributed by atoms with Crippen molar-refractivity contribution in [3.63, 3.8) is 0 Å². The van der Waals surface area contributed by atoms with Gasteiger partial charge in [-0.2, -0.15) is 0 Å². The monoisotopic (exact) mass is 868 g/mol. The Morgan fingerprint density at radius 3 is 2.07 bits per heavy atom. The molecule has 8 fully saturated rings. The number of esters is 2. The summed E-state index contributed by atoms with van der Waals surface area (Å²) < 4.78 is 43.4. The topological polar surface area (TPSA) is 240 Å². The molecule has 348 valence electrons. The number of ether oxygens (including phenoxy) is 7. The van der Waals surface area contributed by atoms with Gasteiger partial charge in [-0.05, 0) is 117 Å². The third kappa shape index (κ3) is 6.89. The molecule has 61 heavy (non-hydrogen) atoms. The van der Waals surface area contributed by atoms with E-state index in [4.69, 9.17) is 33.2 Å². The van der Waals surface area contributed by atoms with E-state index in [0.717, 1.165) is 32.1 Å². The average molecular weight is 869 g/mol. The third-order valence-corrected chi connectivity index (χ3v) is 18.2. The van der Waals surface area contributed by atoms with Gasteiger partial charge in [0.05, 0.1) is 48.8 Å². The summed E-state index contributed by atoms with van der Waals surface area (Å²) in [5.74, 6) is -1.62. The molecule has 8 rings (SSSR count). The summed E-state index contributed by atoms with van der Waals surface area (Å²) in [6.07, 6.45) is -7.81. The Morgan fingerprint density at radius 2 is 1.44 bits per heavy atom. The Kier molecular flexibility index (Phi) is 11.5. The molecule has 0 aromatic carbocycles. The van der Waals surface area contributed by atoms with Crippen LogP contribution in [0.1, 0.15) is 120 Å². The lowest BCUT2D eigenvalue weighted by Gasteiger charge is -2.65. The summed E-state index contributed by atoms with van der Waals surface area (Å²) in [5.41, 5.74) is -3.44. The molecule has 0 aromatic rings. The van der Waals surface area contributed by atoms with Crippen molar-refractivity contribution in [2.24, 2.45) is 44.8 Å². The first-order valence-corrected chi connectivity index (χ1v) is 22.6. The van der Waals surface area contributed by atoms with Gasteiger partial charge in [-0.1, -0.05) is 27.7 Å². The Hall–Kier alpha value is -1.54. The zero-order chi connectivity index (χ0) is 44.6. The van der Waals surface area contributed by atoms with E-state index in [-0.39, 0.29) is 52.1 Å². The third-order valence-electron chi connectivity index (χ3n) is 18.2. The largest absolute Gasteiger partial charge is 0.457 e. The minimum atomic E-state index is -1.63. The van der Waals surface area contributed by atoms with Gasteiger partial charge in [0.2, 0.25) is 0 Å². The molecule has 16 heteroatoms. The lowest BCUT2D eigenvalue weighted by molar-refractivity contribution is -0.339. The van der Waals surface area contributed by atoms with Crippen LogP contribution in [0.15, 0.2) is 0 Å². The second-order valence-corrected chi connectivity index (χ2v) is 22.2. The van der Waals surface area contributed by atoms with Crippen molar-refractivity contribution < 1.29 is 78.5 Å². The molecule has 1 unspecified atom stereocenters. The van der Waals surface area contributed by atoms with Gasteiger partial charge >= 0.3 is 11.9 Å². The van der Waals surface area contributed by atoms with E-state index in [1.54, 1.807) is 13.8 Å². The molecule has 0 radical (unpaired) electrons. The van der Waals surface area contributed by atoms with Crippen LogP contribution in [0, 0.1) is 44.8 Å². The Morgan fingerprint density at radius 1 is 0.754 bits per heavy atom. The summed E-state index contributed by atoms with van der Waals surface area (Å²) in [6.45, 7) is 16.2. The van der Waals surface area contributed by atoms with E-state index in [9.17, 15) is 45.3 Å². The van der Waals surface area contributed by atoms with Crippen molar-refractivity contribution in [2.45, 2.75) is 211 Å². The molecule has 0 amide bonds. The van der Waals surface area contributed by atoms with Crippen LogP contribution in [0.25, 0.3) is 0 Å². The zero-order valence-electron chi connectivity index (χ0n) is 37.3. The predicted octanol–water partition coefficient (Wildman–Crippen LogP) is 1.87. The molecular weight excluding hydrogens is 796 g/mol. The quantitative estimate of drug-likeness (QED) is 0.129. The van der Waals surface area contributed by atoms with Crippen molar-refractivity contribution in [3.8, 4) is 0 Å². The highest BCUT2D eigenvalue weighted by Crippen LogP contribution is 2.89. The molecule has 5 aliphatic carbocycles. The maximum atomic E-state index is 12.3. The molecule has 8 aliphatic rings. The second kappa shape index (κ2) is 15.3. The fourth-order valence-corrected chi connectivity index (χ4v) is 15.5.